The summed E-state index contributed by atoms with van der Waals surface area (Å²) in [5.74, 6) is -1.23. The number of nitrogen functional groups attached to an aromatic ring is 1. The number of hydrogen-bond acceptors (Lipinski definition) is 4. The van der Waals surface area contributed by atoms with Crippen molar-refractivity contribution in [1.29, 1.82) is 0 Å². The van der Waals surface area contributed by atoms with E-state index in [4.69, 9.17) is 27.2 Å². The van der Waals surface area contributed by atoms with E-state index in [0.717, 1.165) is 0 Å². The summed E-state index contributed by atoms with van der Waals surface area (Å²) in [5.41, 5.74) is 5.87. The van der Waals surface area contributed by atoms with Gasteiger partial charge in [0, 0.05) is 16.3 Å². The van der Waals surface area contributed by atoms with Gasteiger partial charge in [-0.2, -0.15) is 0 Å². The van der Waals surface area contributed by atoms with E-state index < -0.39 is 11.6 Å². The van der Waals surface area contributed by atoms with Crippen LogP contribution in [0, 0.1) is 0 Å². The molecule has 1 amide bonds. The number of halogens is 1. The lowest BCUT2D eigenvalue weighted by atomic mass is 9.95. The van der Waals surface area contributed by atoms with Gasteiger partial charge in [0.2, 0.25) is 0 Å². The SMILES string of the molecule is CC1(OCC(=O)O)CN(C(=O)c2cc(N)cc(Cl)c2)C1. The number of rotatable bonds is 4. The zero-order valence-electron chi connectivity index (χ0n) is 10.9. The van der Waals surface area contributed by atoms with Crippen LogP contribution in [-0.4, -0.2) is 47.2 Å². The first-order valence-corrected chi connectivity index (χ1v) is 6.38. The molecule has 1 aromatic rings. The molecule has 0 saturated carbocycles. The number of carbonyl (C=O) groups is 2. The van der Waals surface area contributed by atoms with Crippen molar-refractivity contribution in [2.75, 3.05) is 25.4 Å². The van der Waals surface area contributed by atoms with Gasteiger partial charge in [-0.25, -0.2) is 4.79 Å². The average Bonchev–Trinajstić information content (AvgIpc) is 2.31. The Morgan fingerprint density at radius 3 is 2.65 bits per heavy atom. The van der Waals surface area contributed by atoms with E-state index in [1.54, 1.807) is 30.0 Å². The van der Waals surface area contributed by atoms with E-state index >= 15 is 0 Å². The van der Waals surface area contributed by atoms with Crippen LogP contribution in [0.2, 0.25) is 5.02 Å². The Kier molecular flexibility index (Phi) is 3.87. The van der Waals surface area contributed by atoms with Gasteiger partial charge in [0.05, 0.1) is 13.1 Å². The Morgan fingerprint density at radius 1 is 1.45 bits per heavy atom. The summed E-state index contributed by atoms with van der Waals surface area (Å²) in [6.45, 7) is 2.08. The lowest BCUT2D eigenvalue weighted by Gasteiger charge is -2.47. The van der Waals surface area contributed by atoms with Crippen molar-refractivity contribution in [3.63, 3.8) is 0 Å². The van der Waals surface area contributed by atoms with Crippen LogP contribution < -0.4 is 5.73 Å². The molecule has 1 saturated heterocycles. The van der Waals surface area contributed by atoms with Crippen LogP contribution in [-0.2, 0) is 9.53 Å². The summed E-state index contributed by atoms with van der Waals surface area (Å²) in [6.07, 6.45) is 0. The fraction of sp³-hybridized carbons (Fsp3) is 0.385. The van der Waals surface area contributed by atoms with Crippen molar-refractivity contribution in [3.8, 4) is 0 Å². The molecule has 0 unspecified atom stereocenters. The zero-order chi connectivity index (χ0) is 14.9. The molecule has 3 N–H and O–H groups in total. The molecule has 7 heteroatoms. The number of nitrogens with zero attached hydrogens (tertiary/aromatic N) is 1. The van der Waals surface area contributed by atoms with Gasteiger partial charge >= 0.3 is 5.97 Å². The number of carboxylic acids is 1. The Bertz CT molecular complexity index is 535. The molecule has 0 aliphatic carbocycles. The molecule has 20 heavy (non-hydrogen) atoms. The molecule has 6 nitrogen and oxygen atoms in total. The number of aliphatic carboxylic acids is 1. The van der Waals surface area contributed by atoms with Crippen LogP contribution in [0.1, 0.15) is 17.3 Å². The monoisotopic (exact) mass is 298 g/mol. The van der Waals surface area contributed by atoms with Crippen LogP contribution >= 0.6 is 11.6 Å². The van der Waals surface area contributed by atoms with E-state index in [1.807, 2.05) is 0 Å². The fourth-order valence-corrected chi connectivity index (χ4v) is 2.39. The molecular formula is C13H15ClN2O4. The largest absolute Gasteiger partial charge is 0.480 e. The van der Waals surface area contributed by atoms with Crippen LogP contribution in [0.4, 0.5) is 5.69 Å². The summed E-state index contributed by atoms with van der Waals surface area (Å²) < 4.78 is 5.25. The smallest absolute Gasteiger partial charge is 0.329 e. The molecule has 1 heterocycles. The van der Waals surface area contributed by atoms with E-state index in [2.05, 4.69) is 0 Å². The van der Waals surface area contributed by atoms with Gasteiger partial charge in [0.15, 0.2) is 0 Å². The summed E-state index contributed by atoms with van der Waals surface area (Å²) in [5, 5.41) is 8.98. The normalized spacial score (nSPS) is 16.6. The van der Waals surface area contributed by atoms with E-state index in [1.165, 1.54) is 0 Å². The minimum atomic E-state index is -1.03. The third-order valence-corrected chi connectivity index (χ3v) is 3.27. The number of carboxylic acid groups (broad SMARTS) is 1. The Morgan fingerprint density at radius 2 is 2.10 bits per heavy atom. The standard InChI is InChI=1S/C13H15ClN2O4/c1-13(20-5-11(17)18)6-16(7-13)12(19)8-2-9(14)4-10(15)3-8/h2-4H,5-7,15H2,1H3,(H,17,18). The fourth-order valence-electron chi connectivity index (χ4n) is 2.15. The Balaban J connectivity index is 1.98. The molecule has 0 radical (unpaired) electrons. The molecule has 1 aromatic carbocycles. The van der Waals surface area contributed by atoms with Gasteiger partial charge < -0.3 is 20.5 Å². The molecule has 1 aliphatic rings. The second-order valence-electron chi connectivity index (χ2n) is 5.07. The molecule has 1 aliphatic heterocycles. The number of ether oxygens (including phenoxy) is 1. The number of benzene rings is 1. The maximum absolute atomic E-state index is 12.2. The van der Waals surface area contributed by atoms with E-state index in [0.29, 0.717) is 29.4 Å². The molecule has 108 valence electrons. The highest BCUT2D eigenvalue weighted by Gasteiger charge is 2.43. The van der Waals surface area contributed by atoms with Gasteiger partial charge in [-0.15, -0.1) is 0 Å². The number of carbonyl (C=O) groups excluding carboxylic acids is 1. The van der Waals surface area contributed by atoms with Crippen molar-refractivity contribution in [3.05, 3.63) is 28.8 Å². The first-order valence-electron chi connectivity index (χ1n) is 6.00. The predicted octanol–water partition coefficient (Wildman–Crippen LogP) is 1.24. The molecule has 0 atom stereocenters. The molecular weight excluding hydrogens is 284 g/mol. The highest BCUT2D eigenvalue weighted by Crippen LogP contribution is 2.27. The maximum Gasteiger partial charge on any atom is 0.329 e. The van der Waals surface area contributed by atoms with Crippen LogP contribution in [0.25, 0.3) is 0 Å². The second-order valence-corrected chi connectivity index (χ2v) is 5.50. The van der Waals surface area contributed by atoms with Crippen molar-refractivity contribution in [1.82, 2.24) is 4.90 Å². The third kappa shape index (κ3) is 3.20. The number of hydrogen-bond donors (Lipinski definition) is 2. The minimum Gasteiger partial charge on any atom is -0.480 e. The van der Waals surface area contributed by atoms with Gasteiger partial charge in [0.1, 0.15) is 12.2 Å². The van der Waals surface area contributed by atoms with Crippen molar-refractivity contribution >= 4 is 29.2 Å². The van der Waals surface area contributed by atoms with Crippen LogP contribution in [0.3, 0.4) is 0 Å². The Hall–Kier alpha value is -1.79. The first kappa shape index (κ1) is 14.6. The highest BCUT2D eigenvalue weighted by molar-refractivity contribution is 6.31. The minimum absolute atomic E-state index is 0.199. The van der Waals surface area contributed by atoms with Crippen LogP contribution in [0.15, 0.2) is 18.2 Å². The quantitative estimate of drug-likeness (QED) is 0.816. The summed E-state index contributed by atoms with van der Waals surface area (Å²) in [4.78, 5) is 24.2. The molecule has 0 spiro atoms. The van der Waals surface area contributed by atoms with Gasteiger partial charge in [-0.1, -0.05) is 11.6 Å². The third-order valence-electron chi connectivity index (χ3n) is 3.05. The zero-order valence-corrected chi connectivity index (χ0v) is 11.7. The maximum atomic E-state index is 12.2. The molecule has 0 aromatic heterocycles. The second kappa shape index (κ2) is 5.30. The summed E-state index contributed by atoms with van der Waals surface area (Å²) >= 11 is 5.86. The number of likely N-dealkylation sites (tertiary alicyclic amines) is 1. The molecule has 1 fully saturated rings. The van der Waals surface area contributed by atoms with Crippen molar-refractivity contribution < 1.29 is 19.4 Å². The van der Waals surface area contributed by atoms with Crippen molar-refractivity contribution in [2.24, 2.45) is 0 Å². The topological polar surface area (TPSA) is 92.9 Å². The van der Waals surface area contributed by atoms with E-state index in [9.17, 15) is 9.59 Å². The van der Waals surface area contributed by atoms with Gasteiger partial charge in [-0.3, -0.25) is 4.79 Å². The Labute approximate surface area is 121 Å². The average molecular weight is 299 g/mol. The predicted molar refractivity (Wildman–Crippen MR) is 73.8 cm³/mol. The first-order chi connectivity index (χ1) is 9.29. The lowest BCUT2D eigenvalue weighted by Crippen LogP contribution is -2.63. The summed E-state index contributed by atoms with van der Waals surface area (Å²) in [6, 6.07) is 4.67. The highest BCUT2D eigenvalue weighted by atomic mass is 35.5. The van der Waals surface area contributed by atoms with Crippen molar-refractivity contribution in [2.45, 2.75) is 12.5 Å². The lowest BCUT2D eigenvalue weighted by molar-refractivity contribution is -0.159. The van der Waals surface area contributed by atoms with E-state index in [-0.39, 0.29) is 12.5 Å². The van der Waals surface area contributed by atoms with Crippen LogP contribution in [0.5, 0.6) is 0 Å². The molecule has 2 rings (SSSR count). The number of anilines is 1. The number of nitrogens with two attached hydrogens (primary N) is 1. The van der Waals surface area contributed by atoms with Gasteiger partial charge in [-0.05, 0) is 25.1 Å². The molecule has 0 bridgehead atoms. The number of amides is 1. The summed E-state index contributed by atoms with van der Waals surface area (Å²) in [7, 11) is 0. The van der Waals surface area contributed by atoms with Gasteiger partial charge in [0.25, 0.3) is 5.91 Å².